The molecule has 27 heavy (non-hydrogen) atoms. The molecule has 0 radical (unpaired) electrons. The van der Waals surface area contributed by atoms with Gasteiger partial charge in [0, 0.05) is 11.6 Å². The number of anilines is 1. The third-order valence-electron chi connectivity index (χ3n) is 3.52. The Bertz CT molecular complexity index is 1030. The first-order valence-corrected chi connectivity index (χ1v) is 9.08. The van der Waals surface area contributed by atoms with E-state index in [0.29, 0.717) is 5.13 Å². The Morgan fingerprint density at radius 2 is 2.15 bits per heavy atom. The maximum absolute atomic E-state index is 13.6. The van der Waals surface area contributed by atoms with Crippen LogP contribution in [-0.2, 0) is 14.3 Å². The topological polar surface area (TPSA) is 68.3 Å². The number of carbonyl (C=O) groups excluding carboxylic acids is 2. The van der Waals surface area contributed by atoms with Crippen molar-refractivity contribution in [1.29, 1.82) is 0 Å². The van der Waals surface area contributed by atoms with Crippen LogP contribution < -0.4 is 5.32 Å². The molecule has 1 heterocycles. The van der Waals surface area contributed by atoms with Gasteiger partial charge < -0.3 is 4.74 Å². The van der Waals surface area contributed by atoms with Gasteiger partial charge in [-0.3, -0.25) is 10.1 Å². The number of rotatable bonds is 5. The summed E-state index contributed by atoms with van der Waals surface area (Å²) < 4.78 is 19.4. The average Bonchev–Trinajstić information content (AvgIpc) is 3.00. The molecule has 0 bridgehead atoms. The number of aromatic nitrogens is 1. The predicted octanol–water partition coefficient (Wildman–Crippen LogP) is 4.59. The van der Waals surface area contributed by atoms with Crippen molar-refractivity contribution >= 4 is 56.2 Å². The number of hydrogen-bond acceptors (Lipinski definition) is 5. The number of nitrogens with one attached hydrogen (secondary N) is 1. The molecule has 0 spiro atoms. The number of amides is 1. The van der Waals surface area contributed by atoms with Crippen LogP contribution in [0.1, 0.15) is 11.1 Å². The Morgan fingerprint density at radius 1 is 1.33 bits per heavy atom. The van der Waals surface area contributed by atoms with E-state index in [1.165, 1.54) is 35.6 Å². The Kier molecular flexibility index (Phi) is 5.83. The van der Waals surface area contributed by atoms with E-state index in [1.807, 2.05) is 25.1 Å². The highest BCUT2D eigenvalue weighted by Crippen LogP contribution is 2.26. The van der Waals surface area contributed by atoms with Crippen molar-refractivity contribution in [2.75, 3.05) is 11.9 Å². The lowest BCUT2D eigenvalue weighted by Crippen LogP contribution is -2.20. The molecular weight excluding hydrogens is 391 g/mol. The lowest BCUT2D eigenvalue weighted by molar-refractivity contribution is -0.142. The van der Waals surface area contributed by atoms with Crippen molar-refractivity contribution in [3.63, 3.8) is 0 Å². The summed E-state index contributed by atoms with van der Waals surface area (Å²) >= 11 is 7.19. The number of nitrogens with zero attached hydrogens (tertiary/aromatic N) is 1. The maximum atomic E-state index is 13.6. The molecule has 2 aromatic carbocycles. The van der Waals surface area contributed by atoms with Gasteiger partial charge in [0.1, 0.15) is 5.82 Å². The first kappa shape index (κ1) is 19.0. The summed E-state index contributed by atoms with van der Waals surface area (Å²) in [6.07, 6.45) is 2.21. The molecule has 3 aromatic rings. The number of halogens is 2. The fourth-order valence-corrected chi connectivity index (χ4v) is 3.45. The van der Waals surface area contributed by atoms with Crippen molar-refractivity contribution in [2.45, 2.75) is 6.92 Å². The number of thiazole rings is 1. The summed E-state index contributed by atoms with van der Waals surface area (Å²) in [5.74, 6) is -1.86. The van der Waals surface area contributed by atoms with Crippen molar-refractivity contribution in [3.8, 4) is 0 Å². The van der Waals surface area contributed by atoms with Gasteiger partial charge in [-0.1, -0.05) is 35.1 Å². The molecule has 138 valence electrons. The zero-order valence-electron chi connectivity index (χ0n) is 14.2. The summed E-state index contributed by atoms with van der Waals surface area (Å²) in [6, 6.07) is 9.97. The quantitative estimate of drug-likeness (QED) is 0.498. The van der Waals surface area contributed by atoms with E-state index >= 15 is 0 Å². The summed E-state index contributed by atoms with van der Waals surface area (Å²) in [5, 5.41) is 3.18. The Morgan fingerprint density at radius 3 is 2.93 bits per heavy atom. The highest BCUT2D eigenvalue weighted by Gasteiger charge is 2.10. The van der Waals surface area contributed by atoms with E-state index < -0.39 is 24.3 Å². The smallest absolute Gasteiger partial charge is 0.331 e. The lowest BCUT2D eigenvalue weighted by Gasteiger charge is -2.02. The highest BCUT2D eigenvalue weighted by atomic mass is 35.5. The largest absolute Gasteiger partial charge is 0.452 e. The van der Waals surface area contributed by atoms with Gasteiger partial charge >= 0.3 is 5.97 Å². The van der Waals surface area contributed by atoms with Gasteiger partial charge in [-0.2, -0.15) is 0 Å². The molecule has 3 rings (SSSR count). The molecule has 0 unspecified atom stereocenters. The molecule has 1 amide bonds. The molecule has 0 fully saturated rings. The monoisotopic (exact) mass is 404 g/mol. The second-order valence-corrected chi connectivity index (χ2v) is 7.05. The number of benzene rings is 2. The van der Waals surface area contributed by atoms with Crippen LogP contribution in [0.5, 0.6) is 0 Å². The highest BCUT2D eigenvalue weighted by molar-refractivity contribution is 7.22. The normalized spacial score (nSPS) is 11.1. The molecular formula is C19H14ClFN2O3S. The minimum absolute atomic E-state index is 0.0744. The number of esters is 1. The lowest BCUT2D eigenvalue weighted by atomic mass is 10.2. The van der Waals surface area contributed by atoms with Crippen LogP contribution >= 0.6 is 22.9 Å². The Hall–Kier alpha value is -2.77. The number of hydrogen-bond donors (Lipinski definition) is 1. The first-order chi connectivity index (χ1) is 12.9. The molecule has 0 aliphatic rings. The fraction of sp³-hybridized carbons (Fsp3) is 0.105. The van der Waals surface area contributed by atoms with Gasteiger partial charge in [0.25, 0.3) is 5.91 Å². The van der Waals surface area contributed by atoms with Crippen molar-refractivity contribution in [2.24, 2.45) is 0 Å². The Labute approximate surface area is 163 Å². The minimum atomic E-state index is -0.788. The molecule has 0 aliphatic carbocycles. The predicted molar refractivity (Wildman–Crippen MR) is 104 cm³/mol. The van der Waals surface area contributed by atoms with Gasteiger partial charge in [-0.25, -0.2) is 14.2 Å². The number of fused-ring (bicyclic) bond motifs is 1. The zero-order valence-corrected chi connectivity index (χ0v) is 15.7. The molecule has 0 atom stereocenters. The van der Waals surface area contributed by atoms with Crippen LogP contribution in [-0.4, -0.2) is 23.5 Å². The molecule has 1 aromatic heterocycles. The second kappa shape index (κ2) is 8.28. The summed E-state index contributed by atoms with van der Waals surface area (Å²) in [6.45, 7) is 1.49. The number of aryl methyl sites for hydroxylation is 1. The molecule has 0 saturated heterocycles. The number of ether oxygens (including phenoxy) is 1. The third kappa shape index (κ3) is 4.90. The summed E-state index contributed by atoms with van der Waals surface area (Å²) in [7, 11) is 0. The van der Waals surface area contributed by atoms with E-state index in [9.17, 15) is 14.0 Å². The Balaban J connectivity index is 1.55. The minimum Gasteiger partial charge on any atom is -0.452 e. The molecule has 0 saturated carbocycles. The van der Waals surface area contributed by atoms with E-state index in [2.05, 4.69) is 10.3 Å². The molecule has 5 nitrogen and oxygen atoms in total. The fourth-order valence-electron chi connectivity index (χ4n) is 2.25. The van der Waals surface area contributed by atoms with Crippen LogP contribution in [0.25, 0.3) is 16.3 Å². The van der Waals surface area contributed by atoms with E-state index in [-0.39, 0.29) is 10.6 Å². The third-order valence-corrected chi connectivity index (χ3v) is 4.78. The van der Waals surface area contributed by atoms with Crippen LogP contribution in [0, 0.1) is 12.7 Å². The maximum Gasteiger partial charge on any atom is 0.331 e. The molecule has 0 aliphatic heterocycles. The molecule has 8 heteroatoms. The van der Waals surface area contributed by atoms with E-state index in [1.54, 1.807) is 0 Å². The van der Waals surface area contributed by atoms with Crippen LogP contribution in [0.4, 0.5) is 9.52 Å². The first-order valence-electron chi connectivity index (χ1n) is 7.88. The van der Waals surface area contributed by atoms with Gasteiger partial charge in [0.2, 0.25) is 0 Å². The van der Waals surface area contributed by atoms with Gasteiger partial charge in [0.05, 0.1) is 15.2 Å². The van der Waals surface area contributed by atoms with Gasteiger partial charge in [-0.15, -0.1) is 0 Å². The standard InChI is InChI=1S/C19H14ClFN2O3S/c1-11-5-7-15-16(9-11)27-19(22-15)23-17(24)10-26-18(25)8-6-12-13(20)3-2-4-14(12)21/h2-9H,10H2,1H3,(H,22,23,24)/b8-6+. The molecule has 1 N–H and O–H groups in total. The summed E-state index contributed by atoms with van der Waals surface area (Å²) in [4.78, 5) is 27.9. The van der Waals surface area contributed by atoms with Crippen LogP contribution in [0.3, 0.4) is 0 Å². The zero-order chi connectivity index (χ0) is 19.4. The van der Waals surface area contributed by atoms with Crippen LogP contribution in [0.15, 0.2) is 42.5 Å². The average molecular weight is 405 g/mol. The second-order valence-electron chi connectivity index (χ2n) is 5.61. The van der Waals surface area contributed by atoms with Gasteiger partial charge in [0.15, 0.2) is 11.7 Å². The number of carbonyl (C=O) groups is 2. The van der Waals surface area contributed by atoms with E-state index in [0.717, 1.165) is 21.9 Å². The SMILES string of the molecule is Cc1ccc2nc(NC(=O)COC(=O)/C=C/c3c(F)cccc3Cl)sc2c1. The van der Waals surface area contributed by atoms with Crippen LogP contribution in [0.2, 0.25) is 5.02 Å². The van der Waals surface area contributed by atoms with Gasteiger partial charge in [-0.05, 0) is 42.8 Å². The summed E-state index contributed by atoms with van der Waals surface area (Å²) in [5.41, 5.74) is 1.95. The van der Waals surface area contributed by atoms with Crippen molar-refractivity contribution in [3.05, 3.63) is 64.4 Å². The van der Waals surface area contributed by atoms with Crippen molar-refractivity contribution in [1.82, 2.24) is 4.98 Å². The van der Waals surface area contributed by atoms with E-state index in [4.69, 9.17) is 16.3 Å². The van der Waals surface area contributed by atoms with Crippen molar-refractivity contribution < 1.29 is 18.7 Å².